The molecule has 1 aromatic rings. The summed E-state index contributed by atoms with van der Waals surface area (Å²) in [5.74, 6) is -0.112. The third-order valence-corrected chi connectivity index (χ3v) is 4.10. The van der Waals surface area contributed by atoms with Crippen molar-refractivity contribution in [1.82, 2.24) is 4.98 Å². The van der Waals surface area contributed by atoms with E-state index in [1.807, 2.05) is 6.92 Å². The lowest BCUT2D eigenvalue weighted by molar-refractivity contribution is -0.137. The van der Waals surface area contributed by atoms with Crippen LogP contribution in [-0.4, -0.2) is 22.9 Å². The number of ether oxygens (including phenoxy) is 1. The Labute approximate surface area is 107 Å². The second kappa shape index (κ2) is 4.97. The summed E-state index contributed by atoms with van der Waals surface area (Å²) in [7, 11) is 0. The molecule has 0 aliphatic carbocycles. The molecule has 2 unspecified atom stereocenters. The van der Waals surface area contributed by atoms with Gasteiger partial charge in [0.1, 0.15) is 5.82 Å². The molecule has 0 radical (unpaired) electrons. The molecule has 2 heterocycles. The Kier molecular flexibility index (Phi) is 3.72. The molecule has 2 atom stereocenters. The van der Waals surface area contributed by atoms with Crippen molar-refractivity contribution in [3.05, 3.63) is 17.7 Å². The van der Waals surface area contributed by atoms with Crippen molar-refractivity contribution < 1.29 is 17.9 Å². The van der Waals surface area contributed by atoms with Crippen LogP contribution < -0.4 is 5.73 Å². The molecule has 2 N–H and O–H groups in total. The molecular formula is C11H13F3N2OS. The van der Waals surface area contributed by atoms with Crippen molar-refractivity contribution in [3.8, 4) is 0 Å². The molecule has 1 aliphatic rings. The van der Waals surface area contributed by atoms with Gasteiger partial charge in [-0.2, -0.15) is 13.2 Å². The van der Waals surface area contributed by atoms with Gasteiger partial charge in [0.2, 0.25) is 0 Å². The van der Waals surface area contributed by atoms with Gasteiger partial charge in [-0.3, -0.25) is 0 Å². The molecule has 3 nitrogen and oxygen atoms in total. The zero-order chi connectivity index (χ0) is 13.3. The van der Waals surface area contributed by atoms with Crippen LogP contribution in [0.4, 0.5) is 19.0 Å². The van der Waals surface area contributed by atoms with Gasteiger partial charge in [0.15, 0.2) is 0 Å². The topological polar surface area (TPSA) is 48.1 Å². The number of thioether (sulfide) groups is 1. The summed E-state index contributed by atoms with van der Waals surface area (Å²) in [6.45, 7) is 2.54. The SMILES string of the molecule is CC1OCCC1Sc1cc(C(F)(F)F)cc(N)n1. The number of anilines is 1. The molecule has 2 rings (SSSR count). The number of halogens is 3. The molecule has 18 heavy (non-hydrogen) atoms. The van der Waals surface area contributed by atoms with E-state index in [1.54, 1.807) is 0 Å². The van der Waals surface area contributed by atoms with Crippen LogP contribution in [0.3, 0.4) is 0 Å². The first-order chi connectivity index (χ1) is 8.36. The van der Waals surface area contributed by atoms with Gasteiger partial charge in [-0.15, -0.1) is 11.8 Å². The van der Waals surface area contributed by atoms with Crippen molar-refractivity contribution in [2.45, 2.75) is 35.9 Å². The summed E-state index contributed by atoms with van der Waals surface area (Å²) in [6.07, 6.45) is -3.57. The summed E-state index contributed by atoms with van der Waals surface area (Å²) in [4.78, 5) is 3.93. The van der Waals surface area contributed by atoms with Gasteiger partial charge in [-0.25, -0.2) is 4.98 Å². The van der Waals surface area contributed by atoms with E-state index in [4.69, 9.17) is 10.5 Å². The number of pyridine rings is 1. The number of nitrogens with two attached hydrogens (primary N) is 1. The Balaban J connectivity index is 2.20. The number of hydrogen-bond acceptors (Lipinski definition) is 4. The molecular weight excluding hydrogens is 265 g/mol. The molecule has 0 bridgehead atoms. The molecule has 0 aromatic carbocycles. The summed E-state index contributed by atoms with van der Waals surface area (Å²) in [5.41, 5.74) is 4.65. The van der Waals surface area contributed by atoms with Crippen LogP contribution in [0.1, 0.15) is 18.9 Å². The lowest BCUT2D eigenvalue weighted by atomic mass is 10.2. The van der Waals surface area contributed by atoms with Gasteiger partial charge in [-0.1, -0.05) is 0 Å². The second-order valence-electron chi connectivity index (χ2n) is 4.14. The highest BCUT2D eigenvalue weighted by molar-refractivity contribution is 7.99. The van der Waals surface area contributed by atoms with E-state index in [0.29, 0.717) is 11.6 Å². The van der Waals surface area contributed by atoms with Crippen LogP contribution in [0.25, 0.3) is 0 Å². The van der Waals surface area contributed by atoms with Crippen molar-refractivity contribution in [2.24, 2.45) is 0 Å². The van der Waals surface area contributed by atoms with Crippen LogP contribution in [0, 0.1) is 0 Å². The highest BCUT2D eigenvalue weighted by atomic mass is 32.2. The Morgan fingerprint density at radius 3 is 2.72 bits per heavy atom. The molecule has 0 spiro atoms. The fraction of sp³-hybridized carbons (Fsp3) is 0.545. The van der Waals surface area contributed by atoms with E-state index in [9.17, 15) is 13.2 Å². The summed E-state index contributed by atoms with van der Waals surface area (Å²) in [6, 6.07) is 1.88. The Morgan fingerprint density at radius 2 is 2.17 bits per heavy atom. The molecule has 0 amide bonds. The fourth-order valence-electron chi connectivity index (χ4n) is 1.77. The van der Waals surface area contributed by atoms with E-state index in [0.717, 1.165) is 18.6 Å². The summed E-state index contributed by atoms with van der Waals surface area (Å²) < 4.78 is 43.2. The number of nitrogens with zero attached hydrogens (tertiary/aromatic N) is 1. The zero-order valence-corrected chi connectivity index (χ0v) is 10.5. The zero-order valence-electron chi connectivity index (χ0n) is 9.70. The van der Waals surface area contributed by atoms with E-state index in [-0.39, 0.29) is 17.2 Å². The highest BCUT2D eigenvalue weighted by Crippen LogP contribution is 2.36. The van der Waals surface area contributed by atoms with Crippen LogP contribution >= 0.6 is 11.8 Å². The predicted molar refractivity (Wildman–Crippen MR) is 63.3 cm³/mol. The molecule has 100 valence electrons. The largest absolute Gasteiger partial charge is 0.416 e. The maximum absolute atomic E-state index is 12.6. The summed E-state index contributed by atoms with van der Waals surface area (Å²) >= 11 is 1.29. The normalized spacial score (nSPS) is 24.4. The minimum Gasteiger partial charge on any atom is -0.384 e. The molecule has 1 fully saturated rings. The van der Waals surface area contributed by atoms with Gasteiger partial charge < -0.3 is 10.5 Å². The van der Waals surface area contributed by atoms with Crippen molar-refractivity contribution in [1.29, 1.82) is 0 Å². The van der Waals surface area contributed by atoms with Crippen molar-refractivity contribution in [2.75, 3.05) is 12.3 Å². The maximum Gasteiger partial charge on any atom is 0.416 e. The molecule has 1 aromatic heterocycles. The van der Waals surface area contributed by atoms with Gasteiger partial charge in [0.25, 0.3) is 0 Å². The number of alkyl halides is 3. The lowest BCUT2D eigenvalue weighted by Gasteiger charge is -2.14. The van der Waals surface area contributed by atoms with Crippen molar-refractivity contribution >= 4 is 17.6 Å². The fourth-order valence-corrected chi connectivity index (χ4v) is 2.92. The van der Waals surface area contributed by atoms with Gasteiger partial charge in [0, 0.05) is 11.9 Å². The first kappa shape index (κ1) is 13.5. The minimum atomic E-state index is -4.40. The van der Waals surface area contributed by atoms with Crippen LogP contribution in [0.15, 0.2) is 17.2 Å². The van der Waals surface area contributed by atoms with Crippen LogP contribution in [0.5, 0.6) is 0 Å². The standard InChI is InChI=1S/C11H13F3N2OS/c1-6-8(2-3-17-6)18-10-5-7(11(12,13)14)4-9(15)16-10/h4-6,8H,2-3H2,1H3,(H2,15,16). The quantitative estimate of drug-likeness (QED) is 0.903. The average Bonchev–Trinajstić information content (AvgIpc) is 2.62. The molecule has 7 heteroatoms. The Bertz CT molecular complexity index is 439. The molecule has 1 saturated heterocycles. The van der Waals surface area contributed by atoms with E-state index < -0.39 is 11.7 Å². The number of aromatic nitrogens is 1. The maximum atomic E-state index is 12.6. The number of hydrogen-bond donors (Lipinski definition) is 1. The van der Waals surface area contributed by atoms with Crippen molar-refractivity contribution in [3.63, 3.8) is 0 Å². The third-order valence-electron chi connectivity index (χ3n) is 2.73. The molecule has 0 saturated carbocycles. The second-order valence-corrected chi connectivity index (χ2v) is 5.40. The van der Waals surface area contributed by atoms with Gasteiger partial charge in [-0.05, 0) is 25.5 Å². The predicted octanol–water partition coefficient (Wildman–Crippen LogP) is 2.95. The van der Waals surface area contributed by atoms with Gasteiger partial charge in [0.05, 0.1) is 16.7 Å². The monoisotopic (exact) mass is 278 g/mol. The smallest absolute Gasteiger partial charge is 0.384 e. The lowest BCUT2D eigenvalue weighted by Crippen LogP contribution is -2.14. The van der Waals surface area contributed by atoms with E-state index >= 15 is 0 Å². The Hall–Kier alpha value is -0.950. The molecule has 1 aliphatic heterocycles. The third kappa shape index (κ3) is 3.08. The van der Waals surface area contributed by atoms with Crippen LogP contribution in [-0.2, 0) is 10.9 Å². The number of rotatable bonds is 2. The van der Waals surface area contributed by atoms with E-state index in [2.05, 4.69) is 4.98 Å². The van der Waals surface area contributed by atoms with Gasteiger partial charge >= 0.3 is 6.18 Å². The first-order valence-corrected chi connectivity index (χ1v) is 6.37. The first-order valence-electron chi connectivity index (χ1n) is 5.49. The number of nitrogen functional groups attached to an aromatic ring is 1. The van der Waals surface area contributed by atoms with Crippen LogP contribution in [0.2, 0.25) is 0 Å². The van der Waals surface area contributed by atoms with E-state index in [1.165, 1.54) is 11.8 Å². The average molecular weight is 278 g/mol. The Morgan fingerprint density at radius 1 is 1.44 bits per heavy atom. The summed E-state index contributed by atoms with van der Waals surface area (Å²) in [5, 5.41) is 0.421. The minimum absolute atomic E-state index is 0.0209. The highest BCUT2D eigenvalue weighted by Gasteiger charge is 2.32.